The number of ether oxygens (including phenoxy) is 1. The van der Waals surface area contributed by atoms with Gasteiger partial charge >= 0.3 is 6.09 Å². The van der Waals surface area contributed by atoms with Crippen molar-refractivity contribution in [2.45, 2.75) is 5.33 Å². The molecule has 2 aromatic rings. The van der Waals surface area contributed by atoms with Crippen LogP contribution < -0.4 is 4.74 Å². The van der Waals surface area contributed by atoms with Gasteiger partial charge < -0.3 is 9.84 Å². The first kappa shape index (κ1) is 12.6. The number of nitrogens with zero attached hydrogens (tertiary/aromatic N) is 3. The minimum absolute atomic E-state index is 0.405. The van der Waals surface area contributed by atoms with Crippen LogP contribution >= 0.6 is 15.9 Å². The number of carbonyl (C=O) groups is 1. The van der Waals surface area contributed by atoms with Gasteiger partial charge in [0.2, 0.25) is 0 Å². The summed E-state index contributed by atoms with van der Waals surface area (Å²) in [6.07, 6.45) is 0.437. The van der Waals surface area contributed by atoms with E-state index in [1.807, 2.05) is 0 Å². The molecule has 2 heterocycles. The third-order valence-electron chi connectivity index (χ3n) is 2.34. The molecule has 0 saturated carbocycles. The first-order chi connectivity index (χ1) is 8.65. The molecule has 0 aliphatic heterocycles. The molecule has 0 atom stereocenters. The number of pyridine rings is 1. The number of hydrogen-bond acceptors (Lipinski definition) is 4. The molecule has 0 amide bonds. The molecule has 0 aliphatic carbocycles. The molecular weight excluding hydrogens is 302 g/mol. The highest BCUT2D eigenvalue weighted by atomic mass is 79.9. The summed E-state index contributed by atoms with van der Waals surface area (Å²) in [6, 6.07) is 5.15. The minimum atomic E-state index is -1.12. The molecule has 0 radical (unpaired) electrons. The Bertz CT molecular complexity index is 565. The third kappa shape index (κ3) is 2.35. The van der Waals surface area contributed by atoms with Gasteiger partial charge in [-0.1, -0.05) is 15.9 Å². The molecule has 0 spiro atoms. The highest BCUT2D eigenvalue weighted by molar-refractivity contribution is 9.08. The van der Waals surface area contributed by atoms with E-state index in [4.69, 9.17) is 9.84 Å². The fourth-order valence-electron chi connectivity index (χ4n) is 1.46. The predicted octanol–water partition coefficient (Wildman–Crippen LogP) is 2.37. The summed E-state index contributed by atoms with van der Waals surface area (Å²) in [6.45, 7) is 0. The van der Waals surface area contributed by atoms with E-state index in [-0.39, 0.29) is 0 Å². The first-order valence-electron chi connectivity index (χ1n) is 5.04. The lowest BCUT2D eigenvalue weighted by atomic mass is 10.2. The Morgan fingerprint density at radius 2 is 2.28 bits per heavy atom. The Hall–Kier alpha value is -1.89. The smallest absolute Gasteiger partial charge is 0.432 e. The molecule has 1 N–H and O–H groups in total. The van der Waals surface area contributed by atoms with E-state index < -0.39 is 6.09 Å². The van der Waals surface area contributed by atoms with Gasteiger partial charge in [-0.15, -0.1) is 0 Å². The summed E-state index contributed by atoms with van der Waals surface area (Å²) in [5.41, 5.74) is 1.66. The van der Waals surface area contributed by atoms with Crippen molar-refractivity contribution in [2.24, 2.45) is 0 Å². The van der Waals surface area contributed by atoms with E-state index in [0.717, 1.165) is 4.68 Å². The van der Waals surface area contributed by atoms with Crippen molar-refractivity contribution in [2.75, 3.05) is 7.11 Å². The van der Waals surface area contributed by atoms with E-state index in [2.05, 4.69) is 26.0 Å². The van der Waals surface area contributed by atoms with Crippen molar-refractivity contribution in [3.05, 3.63) is 30.1 Å². The Balaban J connectivity index is 2.40. The average Bonchev–Trinajstić information content (AvgIpc) is 2.83. The normalized spacial score (nSPS) is 10.3. The second-order valence-electron chi connectivity index (χ2n) is 3.43. The second kappa shape index (κ2) is 5.18. The van der Waals surface area contributed by atoms with Crippen molar-refractivity contribution in [1.82, 2.24) is 14.8 Å². The van der Waals surface area contributed by atoms with Gasteiger partial charge in [-0.25, -0.2) is 4.79 Å². The van der Waals surface area contributed by atoms with Crippen LogP contribution in [0.15, 0.2) is 24.4 Å². The van der Waals surface area contributed by atoms with Gasteiger partial charge in [-0.2, -0.15) is 9.78 Å². The molecule has 0 bridgehead atoms. The SMILES string of the molecule is COc1ccc(-c2cc(CBr)n(C(=O)O)n2)nc1. The summed E-state index contributed by atoms with van der Waals surface area (Å²) in [5.74, 6) is 0.636. The van der Waals surface area contributed by atoms with Crippen LogP contribution in [-0.2, 0) is 5.33 Å². The van der Waals surface area contributed by atoms with Crippen LogP contribution in [0.2, 0.25) is 0 Å². The van der Waals surface area contributed by atoms with Crippen LogP contribution in [0.1, 0.15) is 5.69 Å². The number of alkyl halides is 1. The lowest BCUT2D eigenvalue weighted by Crippen LogP contribution is -2.12. The number of rotatable bonds is 3. The highest BCUT2D eigenvalue weighted by Gasteiger charge is 2.14. The van der Waals surface area contributed by atoms with Gasteiger partial charge in [0.05, 0.1) is 24.7 Å². The van der Waals surface area contributed by atoms with E-state index in [0.29, 0.717) is 28.2 Å². The number of hydrogen-bond donors (Lipinski definition) is 1. The summed E-state index contributed by atoms with van der Waals surface area (Å²) < 4.78 is 5.93. The molecular formula is C11H10BrN3O3. The fourth-order valence-corrected chi connectivity index (χ4v) is 1.86. The summed E-state index contributed by atoms with van der Waals surface area (Å²) in [7, 11) is 1.55. The van der Waals surface area contributed by atoms with Crippen molar-refractivity contribution in [1.29, 1.82) is 0 Å². The molecule has 0 aromatic carbocycles. The monoisotopic (exact) mass is 311 g/mol. The number of aromatic nitrogens is 3. The van der Waals surface area contributed by atoms with E-state index >= 15 is 0 Å². The van der Waals surface area contributed by atoms with Crippen molar-refractivity contribution in [3.63, 3.8) is 0 Å². The zero-order valence-electron chi connectivity index (χ0n) is 9.50. The molecule has 0 fully saturated rings. The van der Waals surface area contributed by atoms with Gasteiger partial charge in [-0.3, -0.25) is 4.98 Å². The Kier molecular flexibility index (Phi) is 3.61. The predicted molar refractivity (Wildman–Crippen MR) is 68.1 cm³/mol. The van der Waals surface area contributed by atoms with E-state index in [1.54, 1.807) is 31.5 Å². The van der Waals surface area contributed by atoms with Crippen LogP contribution in [0.5, 0.6) is 5.75 Å². The number of carboxylic acid groups (broad SMARTS) is 1. The van der Waals surface area contributed by atoms with Crippen molar-refractivity contribution >= 4 is 22.0 Å². The van der Waals surface area contributed by atoms with Crippen LogP contribution in [0.3, 0.4) is 0 Å². The maximum Gasteiger partial charge on any atom is 0.432 e. The maximum atomic E-state index is 11.0. The number of methoxy groups -OCH3 is 1. The molecule has 94 valence electrons. The van der Waals surface area contributed by atoms with Crippen molar-refractivity contribution < 1.29 is 14.6 Å². The average molecular weight is 312 g/mol. The third-order valence-corrected chi connectivity index (χ3v) is 2.91. The fraction of sp³-hybridized carbons (Fsp3) is 0.182. The van der Waals surface area contributed by atoms with Gasteiger partial charge in [-0.05, 0) is 18.2 Å². The molecule has 2 rings (SSSR count). The Morgan fingerprint density at radius 3 is 2.72 bits per heavy atom. The quantitative estimate of drug-likeness (QED) is 0.881. The maximum absolute atomic E-state index is 11.0. The van der Waals surface area contributed by atoms with E-state index in [9.17, 15) is 4.79 Å². The van der Waals surface area contributed by atoms with Crippen LogP contribution in [0.4, 0.5) is 4.79 Å². The van der Waals surface area contributed by atoms with Crippen LogP contribution in [0.25, 0.3) is 11.4 Å². The Labute approximate surface area is 111 Å². The van der Waals surface area contributed by atoms with Crippen molar-refractivity contribution in [3.8, 4) is 17.1 Å². The van der Waals surface area contributed by atoms with Crippen LogP contribution in [0, 0.1) is 0 Å². The number of halogens is 1. The molecule has 18 heavy (non-hydrogen) atoms. The second-order valence-corrected chi connectivity index (χ2v) is 3.99. The summed E-state index contributed by atoms with van der Waals surface area (Å²) in [4.78, 5) is 15.1. The molecule has 0 aliphatic rings. The highest BCUT2D eigenvalue weighted by Crippen LogP contribution is 2.20. The topological polar surface area (TPSA) is 77.2 Å². The van der Waals surface area contributed by atoms with Crippen LogP contribution in [-0.4, -0.2) is 33.1 Å². The Morgan fingerprint density at radius 1 is 1.50 bits per heavy atom. The minimum Gasteiger partial charge on any atom is -0.495 e. The molecule has 0 unspecified atom stereocenters. The zero-order chi connectivity index (χ0) is 13.1. The standard InChI is InChI=1S/C11H10BrN3O3/c1-18-8-2-3-9(13-6-8)10-4-7(5-12)15(14-10)11(16)17/h2-4,6H,5H2,1H3,(H,16,17). The molecule has 2 aromatic heterocycles. The lowest BCUT2D eigenvalue weighted by molar-refractivity contribution is 0.192. The largest absolute Gasteiger partial charge is 0.495 e. The van der Waals surface area contributed by atoms with Gasteiger partial charge in [0.25, 0.3) is 0 Å². The molecule has 7 heteroatoms. The first-order valence-corrected chi connectivity index (χ1v) is 6.16. The zero-order valence-corrected chi connectivity index (χ0v) is 11.1. The van der Waals surface area contributed by atoms with Gasteiger partial charge in [0, 0.05) is 5.33 Å². The summed E-state index contributed by atoms with van der Waals surface area (Å²) in [5, 5.41) is 13.4. The molecule has 6 nitrogen and oxygen atoms in total. The van der Waals surface area contributed by atoms with Gasteiger partial charge in [0.1, 0.15) is 11.4 Å². The van der Waals surface area contributed by atoms with Gasteiger partial charge in [0.15, 0.2) is 0 Å². The summed E-state index contributed by atoms with van der Waals surface area (Å²) >= 11 is 3.22. The van der Waals surface area contributed by atoms with E-state index in [1.165, 1.54) is 0 Å². The lowest BCUT2D eigenvalue weighted by Gasteiger charge is -1.99. The molecule has 0 saturated heterocycles.